The number of fused-ring (bicyclic) bond motifs is 1. The third-order valence-corrected chi connectivity index (χ3v) is 8.60. The van der Waals surface area contributed by atoms with Crippen LogP contribution in [0.2, 0.25) is 0 Å². The first-order valence-electron chi connectivity index (χ1n) is 13.3. The highest BCUT2D eigenvalue weighted by Gasteiger charge is 2.23. The average Bonchev–Trinajstić information content (AvgIpc) is 2.90. The number of halogens is 3. The SMILES string of the molecule is Cc1cc(-c2c(F)cc(NS(=O)(=O)Cc3ccc(F)cc3)cc2F)nc2cnc(N[C@H]3CC[C@H](N(C)C)CC3)nc12. The summed E-state index contributed by atoms with van der Waals surface area (Å²) >= 11 is 0. The number of nitrogens with zero attached hydrogens (tertiary/aromatic N) is 4. The Morgan fingerprint density at radius 2 is 1.61 bits per heavy atom. The van der Waals surface area contributed by atoms with Crippen molar-refractivity contribution in [2.24, 2.45) is 0 Å². The summed E-state index contributed by atoms with van der Waals surface area (Å²) in [6, 6.07) is 9.11. The molecular weight excluding hydrogens is 553 g/mol. The largest absolute Gasteiger partial charge is 0.351 e. The fourth-order valence-corrected chi connectivity index (χ4v) is 6.37. The van der Waals surface area contributed by atoms with Gasteiger partial charge in [-0.05, 0) is 88.2 Å². The maximum absolute atomic E-state index is 15.2. The zero-order valence-electron chi connectivity index (χ0n) is 23.0. The highest BCUT2D eigenvalue weighted by molar-refractivity contribution is 7.91. The van der Waals surface area contributed by atoms with E-state index >= 15 is 8.78 Å². The minimum absolute atomic E-state index is 0.0389. The van der Waals surface area contributed by atoms with E-state index in [1.807, 2.05) is 0 Å². The third kappa shape index (κ3) is 6.76. The van der Waals surface area contributed by atoms with Crippen LogP contribution in [0.5, 0.6) is 0 Å². The minimum atomic E-state index is -4.01. The van der Waals surface area contributed by atoms with Crippen molar-refractivity contribution in [3.05, 3.63) is 77.2 Å². The number of pyridine rings is 1. The van der Waals surface area contributed by atoms with Crippen molar-refractivity contribution < 1.29 is 21.6 Å². The van der Waals surface area contributed by atoms with E-state index in [2.05, 4.69) is 44.0 Å². The number of hydrogen-bond acceptors (Lipinski definition) is 7. The van der Waals surface area contributed by atoms with Crippen LogP contribution in [0.15, 0.2) is 48.7 Å². The Bertz CT molecular complexity index is 1650. The molecule has 8 nitrogen and oxygen atoms in total. The molecule has 2 aromatic carbocycles. The summed E-state index contributed by atoms with van der Waals surface area (Å²) in [5.41, 5.74) is 1.30. The summed E-state index contributed by atoms with van der Waals surface area (Å²) in [5, 5.41) is 3.41. The van der Waals surface area contributed by atoms with Crippen LogP contribution in [-0.4, -0.2) is 54.4 Å². The van der Waals surface area contributed by atoms with Crippen LogP contribution in [0.1, 0.15) is 36.8 Å². The molecule has 0 aliphatic heterocycles. The topological polar surface area (TPSA) is 100 Å². The van der Waals surface area contributed by atoms with Crippen LogP contribution in [0.3, 0.4) is 0 Å². The average molecular weight is 585 g/mol. The first-order chi connectivity index (χ1) is 19.5. The Labute approximate surface area is 237 Å². The molecule has 0 atom stereocenters. The standard InChI is InChI=1S/C29H31F3N6O2S/c1-17-12-25(35-26-15-33-29(36-28(17)26)34-20-8-10-22(11-9-20)38(2)3)27-23(31)13-21(14-24(27)32)37-41(39,40)16-18-4-6-19(30)7-5-18/h4-7,12-15,20,22,37H,8-11,16H2,1-3H3,(H,33,34,36)/t20-,22-. The van der Waals surface area contributed by atoms with Gasteiger partial charge in [0.15, 0.2) is 0 Å². The summed E-state index contributed by atoms with van der Waals surface area (Å²) in [4.78, 5) is 15.7. The normalized spacial score (nSPS) is 17.6. The van der Waals surface area contributed by atoms with Gasteiger partial charge in [-0.1, -0.05) is 12.1 Å². The lowest BCUT2D eigenvalue weighted by atomic mass is 9.91. The molecule has 0 saturated heterocycles. The first-order valence-corrected chi connectivity index (χ1v) is 14.9. The Hall–Kier alpha value is -3.77. The van der Waals surface area contributed by atoms with Crippen LogP contribution in [0.25, 0.3) is 22.3 Å². The molecule has 4 aromatic rings. The third-order valence-electron chi connectivity index (χ3n) is 7.34. The molecule has 0 unspecified atom stereocenters. The maximum Gasteiger partial charge on any atom is 0.236 e. The molecule has 1 saturated carbocycles. The van der Waals surface area contributed by atoms with E-state index in [9.17, 15) is 12.8 Å². The van der Waals surface area contributed by atoms with Gasteiger partial charge in [-0.2, -0.15) is 0 Å². The van der Waals surface area contributed by atoms with E-state index in [-0.39, 0.29) is 17.4 Å². The smallest absolute Gasteiger partial charge is 0.236 e. The van der Waals surface area contributed by atoms with Crippen LogP contribution >= 0.6 is 0 Å². The van der Waals surface area contributed by atoms with Crippen LogP contribution < -0.4 is 10.0 Å². The lowest BCUT2D eigenvalue weighted by molar-refractivity contribution is 0.221. The van der Waals surface area contributed by atoms with Gasteiger partial charge in [0.25, 0.3) is 0 Å². The van der Waals surface area contributed by atoms with Gasteiger partial charge < -0.3 is 10.2 Å². The van der Waals surface area contributed by atoms with Crippen LogP contribution in [0.4, 0.5) is 24.8 Å². The summed E-state index contributed by atoms with van der Waals surface area (Å²) in [6.07, 6.45) is 5.73. The summed E-state index contributed by atoms with van der Waals surface area (Å²) in [7, 11) is 0.181. The molecular formula is C29H31F3N6O2S. The fraction of sp³-hybridized carbons (Fsp3) is 0.345. The molecule has 0 bridgehead atoms. The molecule has 0 spiro atoms. The van der Waals surface area contributed by atoms with Crippen molar-refractivity contribution in [1.82, 2.24) is 19.9 Å². The number of aryl methyl sites for hydroxylation is 1. The number of nitrogens with one attached hydrogen (secondary N) is 2. The molecule has 2 aromatic heterocycles. The quantitative estimate of drug-likeness (QED) is 0.276. The molecule has 12 heteroatoms. The molecule has 0 amide bonds. The summed E-state index contributed by atoms with van der Waals surface area (Å²) < 4.78 is 70.7. The molecule has 41 heavy (non-hydrogen) atoms. The molecule has 2 N–H and O–H groups in total. The number of hydrogen-bond donors (Lipinski definition) is 2. The lowest BCUT2D eigenvalue weighted by Crippen LogP contribution is -2.36. The highest BCUT2D eigenvalue weighted by atomic mass is 32.2. The fourth-order valence-electron chi connectivity index (χ4n) is 5.19. The number of aromatic nitrogens is 3. The molecule has 1 fully saturated rings. The monoisotopic (exact) mass is 584 g/mol. The molecule has 1 aliphatic rings. The Morgan fingerprint density at radius 3 is 2.24 bits per heavy atom. The van der Waals surface area contributed by atoms with Gasteiger partial charge in [-0.3, -0.25) is 4.72 Å². The van der Waals surface area contributed by atoms with Crippen molar-refractivity contribution in [2.75, 3.05) is 24.1 Å². The lowest BCUT2D eigenvalue weighted by Gasteiger charge is -2.32. The van der Waals surface area contributed by atoms with Gasteiger partial charge in [0.05, 0.1) is 34.4 Å². The molecule has 1 aliphatic carbocycles. The first kappa shape index (κ1) is 28.7. The Balaban J connectivity index is 1.34. The van der Waals surface area contributed by atoms with Gasteiger partial charge >= 0.3 is 0 Å². The zero-order valence-corrected chi connectivity index (χ0v) is 23.8. The van der Waals surface area contributed by atoms with Gasteiger partial charge in [0.2, 0.25) is 16.0 Å². The van der Waals surface area contributed by atoms with Crippen molar-refractivity contribution in [2.45, 2.75) is 50.4 Å². The van der Waals surface area contributed by atoms with Crippen molar-refractivity contribution in [3.63, 3.8) is 0 Å². The van der Waals surface area contributed by atoms with Crippen molar-refractivity contribution in [3.8, 4) is 11.3 Å². The number of sulfonamides is 1. The van der Waals surface area contributed by atoms with Gasteiger partial charge in [-0.25, -0.2) is 36.5 Å². The van der Waals surface area contributed by atoms with Crippen molar-refractivity contribution >= 4 is 32.7 Å². The second kappa shape index (κ2) is 11.6. The predicted molar refractivity (Wildman–Crippen MR) is 153 cm³/mol. The Morgan fingerprint density at radius 1 is 0.951 bits per heavy atom. The van der Waals surface area contributed by atoms with E-state index < -0.39 is 38.8 Å². The minimum Gasteiger partial charge on any atom is -0.351 e. The van der Waals surface area contributed by atoms with E-state index in [0.717, 1.165) is 49.9 Å². The van der Waals surface area contributed by atoms with Crippen LogP contribution in [0, 0.1) is 24.4 Å². The summed E-state index contributed by atoms with van der Waals surface area (Å²) in [5.74, 6) is -2.47. The molecule has 0 radical (unpaired) electrons. The van der Waals surface area contributed by atoms with E-state index in [0.29, 0.717) is 34.2 Å². The predicted octanol–water partition coefficient (Wildman–Crippen LogP) is 5.64. The van der Waals surface area contributed by atoms with E-state index in [1.54, 1.807) is 13.0 Å². The number of benzene rings is 2. The highest BCUT2D eigenvalue weighted by Crippen LogP contribution is 2.31. The van der Waals surface area contributed by atoms with Gasteiger partial charge in [0.1, 0.15) is 23.0 Å². The maximum atomic E-state index is 15.2. The van der Waals surface area contributed by atoms with E-state index in [1.165, 1.54) is 18.3 Å². The number of anilines is 2. The molecule has 216 valence electrons. The second-order valence-electron chi connectivity index (χ2n) is 10.7. The Kier molecular flexibility index (Phi) is 8.14. The second-order valence-corrected chi connectivity index (χ2v) is 12.4. The number of rotatable bonds is 8. The van der Waals surface area contributed by atoms with E-state index in [4.69, 9.17) is 0 Å². The molecule has 5 rings (SSSR count). The molecule has 2 heterocycles. The van der Waals surface area contributed by atoms with Crippen LogP contribution in [-0.2, 0) is 15.8 Å². The van der Waals surface area contributed by atoms with Gasteiger partial charge in [0, 0.05) is 12.1 Å². The zero-order chi connectivity index (χ0) is 29.3. The summed E-state index contributed by atoms with van der Waals surface area (Å²) in [6.45, 7) is 1.78. The van der Waals surface area contributed by atoms with Crippen molar-refractivity contribution in [1.29, 1.82) is 0 Å². The van der Waals surface area contributed by atoms with Gasteiger partial charge in [-0.15, -0.1) is 0 Å².